The topological polar surface area (TPSA) is 46.8 Å². The molecule has 30 heavy (non-hydrogen) atoms. The van der Waals surface area contributed by atoms with Crippen molar-refractivity contribution < 1.29 is 4.39 Å². The highest BCUT2D eigenvalue weighted by Gasteiger charge is 2.33. The number of anilines is 1. The number of allylic oxidation sites excluding steroid dienone is 3. The summed E-state index contributed by atoms with van der Waals surface area (Å²) in [6.45, 7) is 0.713. The van der Waals surface area contributed by atoms with Gasteiger partial charge in [-0.2, -0.15) is 0 Å². The summed E-state index contributed by atoms with van der Waals surface area (Å²) < 4.78 is 16.8. The molecular formula is C24H22FN5. The molecule has 6 heteroatoms. The fraction of sp³-hybridized carbons (Fsp3) is 0.292. The number of hydrogen-bond donors (Lipinski definition) is 0. The van der Waals surface area contributed by atoms with Crippen molar-refractivity contribution in [2.45, 2.75) is 31.7 Å². The predicted molar refractivity (Wildman–Crippen MR) is 114 cm³/mol. The summed E-state index contributed by atoms with van der Waals surface area (Å²) in [7, 11) is 0. The lowest BCUT2D eigenvalue weighted by Gasteiger charge is -2.32. The molecule has 3 aliphatic rings. The first-order valence-corrected chi connectivity index (χ1v) is 10.6. The summed E-state index contributed by atoms with van der Waals surface area (Å²) in [4.78, 5) is 6.39. The Balaban J connectivity index is 1.40. The van der Waals surface area contributed by atoms with Gasteiger partial charge < -0.3 is 9.47 Å². The van der Waals surface area contributed by atoms with Gasteiger partial charge in [0.2, 0.25) is 0 Å². The van der Waals surface area contributed by atoms with Gasteiger partial charge in [0.1, 0.15) is 12.1 Å². The van der Waals surface area contributed by atoms with Crippen LogP contribution < -0.4 is 4.90 Å². The molecule has 2 fully saturated rings. The number of halogens is 1. The van der Waals surface area contributed by atoms with Crippen molar-refractivity contribution in [1.29, 1.82) is 0 Å². The molecule has 0 N–H and O–H groups in total. The number of benzene rings is 1. The summed E-state index contributed by atoms with van der Waals surface area (Å²) >= 11 is 0. The molecule has 1 aromatic carbocycles. The molecule has 5 nitrogen and oxygen atoms in total. The molecule has 1 aliphatic heterocycles. The van der Waals surface area contributed by atoms with E-state index in [4.69, 9.17) is 0 Å². The van der Waals surface area contributed by atoms with Gasteiger partial charge in [0.25, 0.3) is 0 Å². The van der Waals surface area contributed by atoms with Crippen LogP contribution in [0.4, 0.5) is 10.1 Å². The van der Waals surface area contributed by atoms with Crippen LogP contribution in [0.1, 0.15) is 37.3 Å². The Bertz CT molecular complexity index is 1160. The predicted octanol–water partition coefficient (Wildman–Crippen LogP) is 5.01. The Labute approximate surface area is 174 Å². The highest BCUT2D eigenvalue weighted by atomic mass is 19.1. The first-order chi connectivity index (χ1) is 14.8. The minimum atomic E-state index is -0.247. The molecule has 0 radical (unpaired) electrons. The van der Waals surface area contributed by atoms with Crippen molar-refractivity contribution in [1.82, 2.24) is 19.7 Å². The molecule has 0 unspecified atom stereocenters. The van der Waals surface area contributed by atoms with Crippen LogP contribution in [0.2, 0.25) is 0 Å². The van der Waals surface area contributed by atoms with Gasteiger partial charge in [-0.05, 0) is 79.1 Å². The van der Waals surface area contributed by atoms with Crippen LogP contribution in [0, 0.1) is 11.7 Å². The van der Waals surface area contributed by atoms with Crippen LogP contribution in [-0.4, -0.2) is 26.3 Å². The fourth-order valence-electron chi connectivity index (χ4n) is 4.25. The monoisotopic (exact) mass is 399 g/mol. The third kappa shape index (κ3) is 3.22. The average molecular weight is 399 g/mol. The second-order valence-electron chi connectivity index (χ2n) is 8.37. The van der Waals surface area contributed by atoms with Crippen LogP contribution in [0.3, 0.4) is 0 Å². The van der Waals surface area contributed by atoms with E-state index in [9.17, 15) is 4.39 Å². The maximum atomic E-state index is 14.8. The van der Waals surface area contributed by atoms with Gasteiger partial charge in [0, 0.05) is 41.9 Å². The number of aromatic nitrogens is 4. The Morgan fingerprint density at radius 2 is 1.77 bits per heavy atom. The minimum absolute atomic E-state index is 0.247. The Kier molecular flexibility index (Phi) is 4.04. The highest BCUT2D eigenvalue weighted by Crippen LogP contribution is 2.43. The van der Waals surface area contributed by atoms with Crippen LogP contribution in [0.25, 0.3) is 17.0 Å². The van der Waals surface area contributed by atoms with Crippen molar-refractivity contribution in [3.63, 3.8) is 0 Å². The quantitative estimate of drug-likeness (QED) is 0.605. The molecule has 0 atom stereocenters. The van der Waals surface area contributed by atoms with Gasteiger partial charge in [-0.25, -0.2) is 4.39 Å². The second kappa shape index (κ2) is 6.90. The standard InChI is InChI=1S/C24H22FN5/c25-20-11-19(24-28-27-15-30(24)21-4-5-21)12-22(13-20)29-14-18(16-7-9-26-10-8-16)3-6-23(29)17-1-2-17/h3,6-13,15,17,21H,1-2,4-5,14H2. The highest BCUT2D eigenvalue weighted by molar-refractivity contribution is 5.77. The van der Waals surface area contributed by atoms with Gasteiger partial charge in [-0.3, -0.25) is 4.98 Å². The van der Waals surface area contributed by atoms with E-state index in [0.29, 0.717) is 18.5 Å². The van der Waals surface area contributed by atoms with E-state index in [0.717, 1.165) is 35.5 Å². The normalized spacial score (nSPS) is 18.9. The Morgan fingerprint density at radius 3 is 2.53 bits per heavy atom. The van der Waals surface area contributed by atoms with Crippen LogP contribution >= 0.6 is 0 Å². The second-order valence-corrected chi connectivity index (χ2v) is 8.37. The Morgan fingerprint density at radius 1 is 0.933 bits per heavy atom. The van der Waals surface area contributed by atoms with Gasteiger partial charge in [0.05, 0.1) is 0 Å². The lowest BCUT2D eigenvalue weighted by Crippen LogP contribution is -2.28. The van der Waals surface area contributed by atoms with Crippen LogP contribution in [0.15, 0.2) is 66.9 Å². The fourth-order valence-corrected chi connectivity index (χ4v) is 4.25. The summed E-state index contributed by atoms with van der Waals surface area (Å²) in [5.74, 6) is 1.06. The van der Waals surface area contributed by atoms with Gasteiger partial charge in [-0.15, -0.1) is 10.2 Å². The van der Waals surface area contributed by atoms with Crippen molar-refractivity contribution in [2.75, 3.05) is 11.4 Å². The molecule has 6 rings (SSSR count). The molecule has 2 saturated carbocycles. The van der Waals surface area contributed by atoms with Crippen molar-refractivity contribution in [2.24, 2.45) is 5.92 Å². The summed E-state index contributed by atoms with van der Waals surface area (Å²) in [5.41, 5.74) is 5.27. The van der Waals surface area contributed by atoms with Crippen molar-refractivity contribution in [3.05, 3.63) is 78.3 Å². The van der Waals surface area contributed by atoms with E-state index in [1.807, 2.05) is 24.5 Å². The smallest absolute Gasteiger partial charge is 0.164 e. The molecule has 0 amide bonds. The zero-order chi connectivity index (χ0) is 20.1. The molecule has 3 heterocycles. The zero-order valence-electron chi connectivity index (χ0n) is 16.6. The maximum absolute atomic E-state index is 14.8. The van der Waals surface area contributed by atoms with E-state index in [1.165, 1.54) is 24.1 Å². The molecule has 2 aliphatic carbocycles. The summed E-state index contributed by atoms with van der Waals surface area (Å²) in [6.07, 6.45) is 14.4. The zero-order valence-corrected chi connectivity index (χ0v) is 16.6. The SMILES string of the molecule is Fc1cc(-c2nncn2C2CC2)cc(N2CC(c3ccncc3)=CC=C2C2CC2)c1. The lowest BCUT2D eigenvalue weighted by atomic mass is 10.0. The number of nitrogens with zero attached hydrogens (tertiary/aromatic N) is 5. The number of rotatable bonds is 5. The van der Waals surface area contributed by atoms with Gasteiger partial charge in [0.15, 0.2) is 5.82 Å². The van der Waals surface area contributed by atoms with E-state index in [2.05, 4.69) is 42.9 Å². The molecule has 0 saturated heterocycles. The lowest BCUT2D eigenvalue weighted by molar-refractivity contribution is 0.627. The maximum Gasteiger partial charge on any atom is 0.164 e. The number of hydrogen-bond acceptors (Lipinski definition) is 4. The third-order valence-electron chi connectivity index (χ3n) is 6.11. The molecule has 2 aromatic heterocycles. The van der Waals surface area contributed by atoms with E-state index in [-0.39, 0.29) is 5.82 Å². The molecule has 150 valence electrons. The molecule has 0 bridgehead atoms. The van der Waals surface area contributed by atoms with Crippen LogP contribution in [-0.2, 0) is 0 Å². The summed E-state index contributed by atoms with van der Waals surface area (Å²) in [6, 6.07) is 9.74. The summed E-state index contributed by atoms with van der Waals surface area (Å²) in [5, 5.41) is 8.39. The minimum Gasteiger partial charge on any atom is -0.340 e. The van der Waals surface area contributed by atoms with Crippen molar-refractivity contribution in [3.8, 4) is 11.4 Å². The molecular weight excluding hydrogens is 377 g/mol. The molecule has 3 aromatic rings. The Hall–Kier alpha value is -3.28. The first kappa shape index (κ1) is 17.6. The van der Waals surface area contributed by atoms with E-state index >= 15 is 0 Å². The van der Waals surface area contributed by atoms with Gasteiger partial charge >= 0.3 is 0 Å². The number of pyridine rings is 1. The van der Waals surface area contributed by atoms with Gasteiger partial charge in [-0.1, -0.05) is 6.08 Å². The molecule has 0 spiro atoms. The largest absolute Gasteiger partial charge is 0.340 e. The average Bonchev–Trinajstić information content (AvgIpc) is 3.72. The van der Waals surface area contributed by atoms with E-state index in [1.54, 1.807) is 18.5 Å². The third-order valence-corrected chi connectivity index (χ3v) is 6.11. The van der Waals surface area contributed by atoms with E-state index < -0.39 is 0 Å². The first-order valence-electron chi connectivity index (χ1n) is 10.6. The van der Waals surface area contributed by atoms with Crippen molar-refractivity contribution >= 4 is 11.3 Å². The van der Waals surface area contributed by atoms with Crippen LogP contribution in [0.5, 0.6) is 0 Å².